The van der Waals surface area contributed by atoms with Crippen LogP contribution in [0.2, 0.25) is 0 Å². The first kappa shape index (κ1) is 18.0. The average Bonchev–Trinajstić information content (AvgIpc) is 2.65. The van der Waals surface area contributed by atoms with Gasteiger partial charge in [0.2, 0.25) is 5.56 Å². The first-order chi connectivity index (χ1) is 10.6. The molecule has 1 fully saturated rings. The molecule has 0 atom stereocenters. The Hall–Kier alpha value is -1.31. The lowest BCUT2D eigenvalue weighted by Gasteiger charge is -2.32. The summed E-state index contributed by atoms with van der Waals surface area (Å²) in [6.45, 7) is 9.49. The van der Waals surface area contributed by atoms with Gasteiger partial charge in [-0.2, -0.15) is 0 Å². The largest absolute Gasteiger partial charge is 0.491 e. The molecule has 23 heavy (non-hydrogen) atoms. The van der Waals surface area contributed by atoms with Crippen LogP contribution in [0.15, 0.2) is 28.6 Å². The van der Waals surface area contributed by atoms with Gasteiger partial charge in [0.05, 0.1) is 11.2 Å². The molecule has 1 aromatic heterocycles. The van der Waals surface area contributed by atoms with Crippen molar-refractivity contribution in [1.82, 2.24) is 4.98 Å². The van der Waals surface area contributed by atoms with Crippen LogP contribution in [0.25, 0.3) is 6.08 Å². The van der Waals surface area contributed by atoms with Crippen LogP contribution in [0, 0.1) is 0 Å². The molecule has 1 aliphatic heterocycles. The second kappa shape index (κ2) is 6.67. The number of rotatable bonds is 4. The number of hydrogen-bond donors (Lipinski definition) is 1. The first-order valence-electron chi connectivity index (χ1n) is 7.49. The summed E-state index contributed by atoms with van der Waals surface area (Å²) in [7, 11) is -0.515. The lowest BCUT2D eigenvalue weighted by molar-refractivity contribution is -0.109. The van der Waals surface area contributed by atoms with E-state index in [4.69, 9.17) is 9.31 Å². The van der Waals surface area contributed by atoms with Crippen LogP contribution < -0.4 is 5.56 Å². The van der Waals surface area contributed by atoms with Crippen LogP contribution in [-0.2, 0) is 14.1 Å². The van der Waals surface area contributed by atoms with Gasteiger partial charge in [0.15, 0.2) is 5.12 Å². The highest BCUT2D eigenvalue weighted by Gasteiger charge is 2.52. The second-order valence-corrected chi connectivity index (χ2v) is 7.73. The number of H-pyrrole nitrogens is 1. The van der Waals surface area contributed by atoms with Crippen molar-refractivity contribution >= 4 is 30.1 Å². The SMILES string of the molecule is CC(=O)SCC(=Cc1ccc(=O)[nH]c1)B1OC(C)(C)C(C)(C)O1. The van der Waals surface area contributed by atoms with E-state index in [1.54, 1.807) is 12.3 Å². The summed E-state index contributed by atoms with van der Waals surface area (Å²) >= 11 is 1.21. The summed E-state index contributed by atoms with van der Waals surface area (Å²) in [5, 5.41) is 0.0360. The Kier molecular flexibility index (Phi) is 5.23. The molecule has 1 aromatic rings. The van der Waals surface area contributed by atoms with Gasteiger partial charge in [-0.3, -0.25) is 9.59 Å². The van der Waals surface area contributed by atoms with Crippen molar-refractivity contribution in [1.29, 1.82) is 0 Å². The maximum atomic E-state index is 11.3. The molecule has 0 saturated carbocycles. The Morgan fingerprint density at radius 3 is 2.35 bits per heavy atom. The van der Waals surface area contributed by atoms with Gasteiger partial charge in [0.1, 0.15) is 0 Å². The minimum Gasteiger partial charge on any atom is -0.400 e. The quantitative estimate of drug-likeness (QED) is 0.857. The van der Waals surface area contributed by atoms with Gasteiger partial charge in [-0.1, -0.05) is 17.8 Å². The highest BCUT2D eigenvalue weighted by atomic mass is 32.2. The van der Waals surface area contributed by atoms with Crippen LogP contribution in [0.3, 0.4) is 0 Å². The summed E-state index contributed by atoms with van der Waals surface area (Å²) in [4.78, 5) is 25.1. The number of aromatic nitrogens is 1. The van der Waals surface area contributed by atoms with E-state index in [1.807, 2.05) is 33.8 Å². The van der Waals surface area contributed by atoms with Gasteiger partial charge >= 0.3 is 7.12 Å². The first-order valence-corrected chi connectivity index (χ1v) is 8.47. The number of pyridine rings is 1. The Labute approximate surface area is 141 Å². The molecule has 0 aliphatic carbocycles. The molecule has 0 radical (unpaired) electrons. The average molecular weight is 335 g/mol. The smallest absolute Gasteiger partial charge is 0.400 e. The predicted molar refractivity (Wildman–Crippen MR) is 94.3 cm³/mol. The van der Waals surface area contributed by atoms with Crippen molar-refractivity contribution in [2.45, 2.75) is 45.8 Å². The molecule has 5 nitrogen and oxygen atoms in total. The highest BCUT2D eigenvalue weighted by molar-refractivity contribution is 8.13. The highest BCUT2D eigenvalue weighted by Crippen LogP contribution is 2.39. The van der Waals surface area contributed by atoms with E-state index in [2.05, 4.69) is 4.98 Å². The third-order valence-electron chi connectivity index (χ3n) is 4.16. The molecule has 124 valence electrons. The molecule has 2 heterocycles. The Balaban J connectivity index is 2.29. The molecule has 0 aromatic carbocycles. The van der Waals surface area contributed by atoms with Crippen molar-refractivity contribution in [2.75, 3.05) is 5.75 Å². The van der Waals surface area contributed by atoms with E-state index in [1.165, 1.54) is 24.8 Å². The van der Waals surface area contributed by atoms with E-state index in [9.17, 15) is 9.59 Å². The van der Waals surface area contributed by atoms with Crippen LogP contribution >= 0.6 is 11.8 Å². The van der Waals surface area contributed by atoms with Crippen molar-refractivity contribution in [3.05, 3.63) is 39.7 Å². The Morgan fingerprint density at radius 1 is 1.26 bits per heavy atom. The zero-order chi connectivity index (χ0) is 17.3. The summed E-state index contributed by atoms with van der Waals surface area (Å²) in [6, 6.07) is 3.19. The zero-order valence-corrected chi connectivity index (χ0v) is 15.0. The standard InChI is InChI=1S/C16H22BNO4S/c1-11(19)23-10-13(8-12-6-7-14(20)18-9-12)17-21-15(2,3)16(4,5)22-17/h6-9H,10H2,1-5H3,(H,18,20). The van der Waals surface area contributed by atoms with E-state index >= 15 is 0 Å². The number of thioether (sulfide) groups is 1. The number of nitrogens with one attached hydrogen (secondary N) is 1. The number of carbonyl (C=O) groups excluding carboxylic acids is 1. The molecule has 1 saturated heterocycles. The molecule has 2 rings (SSSR count). The molecular weight excluding hydrogens is 313 g/mol. The molecule has 0 unspecified atom stereocenters. The van der Waals surface area contributed by atoms with Crippen LogP contribution in [0.1, 0.15) is 40.2 Å². The molecular formula is C16H22BNO4S. The fraction of sp³-hybridized carbons (Fsp3) is 0.500. The Bertz CT molecular complexity index is 644. The molecule has 7 heteroatoms. The van der Waals surface area contributed by atoms with Crippen molar-refractivity contribution < 1.29 is 14.1 Å². The minimum absolute atomic E-state index is 0.0360. The van der Waals surface area contributed by atoms with Crippen LogP contribution in [0.4, 0.5) is 0 Å². The van der Waals surface area contributed by atoms with Gasteiger partial charge in [-0.15, -0.1) is 0 Å². The lowest BCUT2D eigenvalue weighted by Crippen LogP contribution is -2.41. The molecule has 0 bridgehead atoms. The normalized spacial score (nSPS) is 19.9. The van der Waals surface area contributed by atoms with Crippen molar-refractivity contribution in [2.24, 2.45) is 0 Å². The second-order valence-electron chi connectivity index (χ2n) is 6.57. The van der Waals surface area contributed by atoms with Crippen LogP contribution in [-0.4, -0.2) is 34.2 Å². The monoisotopic (exact) mass is 335 g/mol. The number of aromatic amines is 1. The summed E-state index contributed by atoms with van der Waals surface area (Å²) < 4.78 is 12.1. The topological polar surface area (TPSA) is 68.4 Å². The lowest BCUT2D eigenvalue weighted by atomic mass is 9.78. The van der Waals surface area contributed by atoms with E-state index in [0.29, 0.717) is 5.75 Å². The maximum Gasteiger partial charge on any atom is 0.491 e. The van der Waals surface area contributed by atoms with Gasteiger partial charge in [0.25, 0.3) is 0 Å². The Morgan fingerprint density at radius 2 is 1.87 bits per heavy atom. The van der Waals surface area contributed by atoms with E-state index in [0.717, 1.165) is 11.0 Å². The van der Waals surface area contributed by atoms with Crippen molar-refractivity contribution in [3.8, 4) is 0 Å². The molecule has 1 N–H and O–H groups in total. The van der Waals surface area contributed by atoms with Gasteiger partial charge in [-0.25, -0.2) is 0 Å². The fourth-order valence-corrected chi connectivity index (χ4v) is 2.67. The van der Waals surface area contributed by atoms with Gasteiger partial charge < -0.3 is 14.3 Å². The third kappa shape index (κ3) is 4.37. The fourth-order valence-electron chi connectivity index (χ4n) is 2.08. The summed E-state index contributed by atoms with van der Waals surface area (Å²) in [5.74, 6) is 0.477. The maximum absolute atomic E-state index is 11.3. The van der Waals surface area contributed by atoms with E-state index in [-0.39, 0.29) is 10.7 Å². The molecule has 1 aliphatic rings. The third-order valence-corrected chi connectivity index (χ3v) is 5.04. The number of carbonyl (C=O) groups is 1. The van der Waals surface area contributed by atoms with Crippen molar-refractivity contribution in [3.63, 3.8) is 0 Å². The van der Waals surface area contributed by atoms with E-state index < -0.39 is 18.3 Å². The molecule has 0 spiro atoms. The molecule has 0 amide bonds. The summed E-state index contributed by atoms with van der Waals surface area (Å²) in [6.07, 6.45) is 3.53. The summed E-state index contributed by atoms with van der Waals surface area (Å²) in [5.41, 5.74) is 0.650. The number of hydrogen-bond acceptors (Lipinski definition) is 5. The van der Waals surface area contributed by atoms with Crippen LogP contribution in [0.5, 0.6) is 0 Å². The van der Waals surface area contributed by atoms with Gasteiger partial charge in [0, 0.05) is 24.9 Å². The minimum atomic E-state index is -0.515. The zero-order valence-electron chi connectivity index (χ0n) is 14.1. The van der Waals surface area contributed by atoms with Gasteiger partial charge in [-0.05, 0) is 44.8 Å². The predicted octanol–water partition coefficient (Wildman–Crippen LogP) is 2.67.